The van der Waals surface area contributed by atoms with Crippen LogP contribution in [0.1, 0.15) is 5.56 Å². The molecule has 31 heavy (non-hydrogen) atoms. The summed E-state index contributed by atoms with van der Waals surface area (Å²) in [5, 5.41) is 10.0. The van der Waals surface area contributed by atoms with Gasteiger partial charge in [-0.1, -0.05) is 0 Å². The molecule has 2 heterocycles. The zero-order chi connectivity index (χ0) is 22.6. The van der Waals surface area contributed by atoms with Gasteiger partial charge in [0.15, 0.2) is 5.82 Å². The second-order valence-electron chi connectivity index (χ2n) is 6.54. The molecule has 1 aromatic heterocycles. The van der Waals surface area contributed by atoms with Gasteiger partial charge in [0.2, 0.25) is 0 Å². The summed E-state index contributed by atoms with van der Waals surface area (Å²) in [5.74, 6) is -2.74. The van der Waals surface area contributed by atoms with Crippen molar-refractivity contribution in [2.24, 2.45) is 0 Å². The molecule has 1 fully saturated rings. The summed E-state index contributed by atoms with van der Waals surface area (Å²) in [6.45, 7) is -0.712. The fourth-order valence-corrected chi connectivity index (χ4v) is 4.22. The molecule has 2 aromatic carbocycles. The molecule has 8 nitrogen and oxygen atoms in total. The van der Waals surface area contributed by atoms with Crippen LogP contribution in [0.3, 0.4) is 0 Å². The number of hydrogen-bond donors (Lipinski definition) is 2. The van der Waals surface area contributed by atoms with E-state index in [2.05, 4.69) is 4.98 Å². The highest BCUT2D eigenvalue weighted by Gasteiger charge is 2.38. The van der Waals surface area contributed by atoms with Crippen molar-refractivity contribution < 1.29 is 35.9 Å². The lowest BCUT2D eigenvalue weighted by Gasteiger charge is -2.18. The summed E-state index contributed by atoms with van der Waals surface area (Å²) in [6.07, 6.45) is -1.93. The average Bonchev–Trinajstić information content (AvgIpc) is 3.25. The average molecular weight is 456 g/mol. The fraction of sp³-hybridized carbons (Fsp3) is 0.111. The number of halogens is 4. The van der Waals surface area contributed by atoms with Crippen LogP contribution in [0.4, 0.5) is 23.2 Å². The van der Waals surface area contributed by atoms with Crippen LogP contribution in [0, 0.1) is 5.82 Å². The van der Waals surface area contributed by atoms with Gasteiger partial charge >= 0.3 is 16.4 Å². The Morgan fingerprint density at radius 3 is 2.35 bits per heavy atom. The second-order valence-corrected chi connectivity index (χ2v) is 8.14. The number of anilines is 1. The lowest BCUT2D eigenvalue weighted by molar-refractivity contribution is -0.137. The van der Waals surface area contributed by atoms with Crippen molar-refractivity contribution in [2.45, 2.75) is 6.18 Å². The zero-order valence-corrected chi connectivity index (χ0v) is 16.1. The van der Waals surface area contributed by atoms with E-state index in [1.165, 1.54) is 29.2 Å². The second kappa shape index (κ2) is 6.97. The van der Waals surface area contributed by atoms with E-state index >= 15 is 4.39 Å². The Hall–Kier alpha value is -3.61. The molecule has 1 aliphatic rings. The van der Waals surface area contributed by atoms with Crippen molar-refractivity contribution in [1.82, 2.24) is 14.3 Å². The van der Waals surface area contributed by atoms with Crippen LogP contribution in [0.15, 0.2) is 48.9 Å². The van der Waals surface area contributed by atoms with Gasteiger partial charge in [-0.2, -0.15) is 21.6 Å². The van der Waals surface area contributed by atoms with Crippen LogP contribution in [-0.2, 0) is 21.2 Å². The minimum atomic E-state index is -4.49. The lowest BCUT2D eigenvalue weighted by atomic mass is 10.1. The predicted octanol–water partition coefficient (Wildman–Crippen LogP) is 2.58. The van der Waals surface area contributed by atoms with Gasteiger partial charge in [-0.3, -0.25) is 4.79 Å². The molecule has 13 heteroatoms. The van der Waals surface area contributed by atoms with E-state index < -0.39 is 51.7 Å². The number of phenolic OH excluding ortho intramolecular Hbond substituents is 1. The van der Waals surface area contributed by atoms with Crippen LogP contribution in [0.25, 0.3) is 16.9 Å². The molecule has 1 saturated heterocycles. The van der Waals surface area contributed by atoms with Crippen molar-refractivity contribution >= 4 is 21.8 Å². The Kier molecular flexibility index (Phi) is 4.65. The maximum Gasteiger partial charge on any atom is 0.416 e. The van der Waals surface area contributed by atoms with Crippen molar-refractivity contribution in [3.63, 3.8) is 0 Å². The van der Waals surface area contributed by atoms with E-state index in [1.807, 2.05) is 0 Å². The molecule has 0 atom stereocenters. The normalized spacial score (nSPS) is 15.9. The molecule has 0 spiro atoms. The predicted molar refractivity (Wildman–Crippen MR) is 100 cm³/mol. The van der Waals surface area contributed by atoms with E-state index in [1.54, 1.807) is 4.72 Å². The zero-order valence-electron chi connectivity index (χ0n) is 15.3. The molecule has 0 saturated carbocycles. The van der Waals surface area contributed by atoms with Gasteiger partial charge in [-0.05, 0) is 36.4 Å². The number of imidazole rings is 1. The number of carbonyl (C=O) groups excluding carboxylic acids is 1. The maximum atomic E-state index is 15.2. The third kappa shape index (κ3) is 3.67. The van der Waals surface area contributed by atoms with Gasteiger partial charge < -0.3 is 9.67 Å². The number of rotatable bonds is 3. The molecule has 2 N–H and O–H groups in total. The SMILES string of the molecule is O=C1CN(c2c(O)ccc(-c3cn(-c4ccc(C(F)(F)F)cc4)cn3)c2F)S(=O)(=O)N1. The molecular formula is C18H12F4N4O4S. The van der Waals surface area contributed by atoms with Crippen LogP contribution in [0.2, 0.25) is 0 Å². The van der Waals surface area contributed by atoms with Crippen LogP contribution in [0.5, 0.6) is 5.75 Å². The number of aromatic nitrogens is 2. The number of nitrogens with zero attached hydrogens (tertiary/aromatic N) is 3. The summed E-state index contributed by atoms with van der Waals surface area (Å²) in [6, 6.07) is 6.39. The highest BCUT2D eigenvalue weighted by atomic mass is 32.2. The number of hydrogen-bond acceptors (Lipinski definition) is 5. The quantitative estimate of drug-likeness (QED) is 0.590. The monoisotopic (exact) mass is 456 g/mol. The summed E-state index contributed by atoms with van der Waals surface area (Å²) in [5.41, 5.74) is -1.40. The highest BCUT2D eigenvalue weighted by molar-refractivity contribution is 7.92. The van der Waals surface area contributed by atoms with E-state index in [0.717, 1.165) is 24.3 Å². The largest absolute Gasteiger partial charge is 0.506 e. The molecule has 1 aliphatic heterocycles. The summed E-state index contributed by atoms with van der Waals surface area (Å²) in [4.78, 5) is 15.5. The van der Waals surface area contributed by atoms with E-state index in [9.17, 15) is 31.5 Å². The molecule has 162 valence electrons. The number of amides is 1. The number of aromatic hydroxyl groups is 1. The lowest BCUT2D eigenvalue weighted by Crippen LogP contribution is -2.30. The van der Waals surface area contributed by atoms with Crippen LogP contribution >= 0.6 is 0 Å². The number of phenols is 1. The topological polar surface area (TPSA) is 105 Å². The Labute approximate surface area is 172 Å². The van der Waals surface area contributed by atoms with Crippen molar-refractivity contribution in [3.8, 4) is 22.7 Å². The Morgan fingerprint density at radius 2 is 1.77 bits per heavy atom. The minimum Gasteiger partial charge on any atom is -0.506 e. The van der Waals surface area contributed by atoms with Crippen molar-refractivity contribution in [1.29, 1.82) is 0 Å². The minimum absolute atomic E-state index is 0.0227. The third-order valence-electron chi connectivity index (χ3n) is 4.52. The van der Waals surface area contributed by atoms with Gasteiger partial charge in [0.25, 0.3) is 5.91 Å². The van der Waals surface area contributed by atoms with Gasteiger partial charge in [-0.25, -0.2) is 18.4 Å². The van der Waals surface area contributed by atoms with Crippen molar-refractivity contribution in [2.75, 3.05) is 10.8 Å². The first kappa shape index (κ1) is 20.7. The molecular weight excluding hydrogens is 444 g/mol. The first-order valence-corrected chi connectivity index (χ1v) is 9.98. The molecule has 3 aromatic rings. The summed E-state index contributed by atoms with van der Waals surface area (Å²) >= 11 is 0. The third-order valence-corrected chi connectivity index (χ3v) is 5.89. The standard InChI is InChI=1S/C18H12F4N4O4S/c19-16-12(5-6-14(27)17(16)26-8-15(28)24-31(26,29)30)13-7-25(9-23-13)11-3-1-10(2-4-11)18(20,21)22/h1-7,9,27H,8H2,(H,24,28). The Balaban J connectivity index is 1.72. The molecule has 1 amide bonds. The summed E-state index contributed by atoms with van der Waals surface area (Å²) < 4.78 is 80.8. The van der Waals surface area contributed by atoms with Gasteiger partial charge in [0.1, 0.15) is 18.0 Å². The van der Waals surface area contributed by atoms with Gasteiger partial charge in [0.05, 0.1) is 17.6 Å². The molecule has 0 radical (unpaired) electrons. The molecule has 0 unspecified atom stereocenters. The van der Waals surface area contributed by atoms with Gasteiger partial charge in [-0.15, -0.1) is 0 Å². The summed E-state index contributed by atoms with van der Waals surface area (Å²) in [7, 11) is -4.37. The van der Waals surface area contributed by atoms with Crippen molar-refractivity contribution in [3.05, 3.63) is 60.3 Å². The number of benzene rings is 2. The van der Waals surface area contributed by atoms with E-state index in [0.29, 0.717) is 9.99 Å². The first-order valence-electron chi connectivity index (χ1n) is 8.54. The Morgan fingerprint density at radius 1 is 1.10 bits per heavy atom. The van der Waals surface area contributed by atoms with Crippen LogP contribution < -0.4 is 9.03 Å². The Bertz CT molecular complexity index is 1290. The molecule has 0 bridgehead atoms. The number of carbonyl (C=O) groups is 1. The number of nitrogens with one attached hydrogen (secondary N) is 1. The molecule has 0 aliphatic carbocycles. The van der Waals surface area contributed by atoms with E-state index in [4.69, 9.17) is 0 Å². The first-order chi connectivity index (χ1) is 14.5. The number of alkyl halides is 3. The van der Waals surface area contributed by atoms with E-state index in [-0.39, 0.29) is 11.3 Å². The molecule has 4 rings (SSSR count). The van der Waals surface area contributed by atoms with Crippen LogP contribution in [-0.4, -0.2) is 35.5 Å². The maximum absolute atomic E-state index is 15.2. The smallest absolute Gasteiger partial charge is 0.416 e. The fourth-order valence-electron chi connectivity index (χ4n) is 3.06. The highest BCUT2D eigenvalue weighted by Crippen LogP contribution is 2.38. The van der Waals surface area contributed by atoms with Gasteiger partial charge in [0, 0.05) is 17.4 Å².